The van der Waals surface area contributed by atoms with E-state index in [1.165, 1.54) is 0 Å². The monoisotopic (exact) mass is 277 g/mol. The van der Waals surface area contributed by atoms with Crippen molar-refractivity contribution in [3.8, 4) is 0 Å². The van der Waals surface area contributed by atoms with Crippen LogP contribution in [-0.4, -0.2) is 58.2 Å². The van der Waals surface area contributed by atoms with E-state index in [-0.39, 0.29) is 12.1 Å². The Hall–Kier alpha value is -0.210. The molecular formula is C11H23N3O3S. The number of nitrogens with zero attached hydrogens (tertiary/aromatic N) is 1. The van der Waals surface area contributed by atoms with E-state index in [1.54, 1.807) is 4.31 Å². The highest BCUT2D eigenvalue weighted by Crippen LogP contribution is 2.20. The van der Waals surface area contributed by atoms with E-state index in [4.69, 9.17) is 4.74 Å². The van der Waals surface area contributed by atoms with Crippen LogP contribution in [0.3, 0.4) is 0 Å². The zero-order valence-electron chi connectivity index (χ0n) is 10.9. The van der Waals surface area contributed by atoms with Gasteiger partial charge in [-0.15, -0.1) is 0 Å². The summed E-state index contributed by atoms with van der Waals surface area (Å²) < 4.78 is 34.3. The smallest absolute Gasteiger partial charge is 0.280 e. The molecule has 0 aromatic heterocycles. The fraction of sp³-hybridized carbons (Fsp3) is 1.00. The summed E-state index contributed by atoms with van der Waals surface area (Å²) in [5.74, 6) is 0. The van der Waals surface area contributed by atoms with E-state index < -0.39 is 10.2 Å². The minimum atomic E-state index is -3.37. The summed E-state index contributed by atoms with van der Waals surface area (Å²) in [6.45, 7) is 2.47. The van der Waals surface area contributed by atoms with E-state index in [1.807, 2.05) is 7.05 Å². The lowest BCUT2D eigenvalue weighted by Crippen LogP contribution is -2.54. The van der Waals surface area contributed by atoms with Gasteiger partial charge in [-0.1, -0.05) is 6.42 Å². The first-order chi connectivity index (χ1) is 8.63. The largest absolute Gasteiger partial charge is 0.380 e. The quantitative estimate of drug-likeness (QED) is 0.723. The average molecular weight is 277 g/mol. The topological polar surface area (TPSA) is 70.7 Å². The van der Waals surface area contributed by atoms with Gasteiger partial charge in [0, 0.05) is 31.8 Å². The molecule has 2 unspecified atom stereocenters. The summed E-state index contributed by atoms with van der Waals surface area (Å²) in [6.07, 6.45) is 3.75. The summed E-state index contributed by atoms with van der Waals surface area (Å²) >= 11 is 0. The van der Waals surface area contributed by atoms with Crippen LogP contribution in [0.5, 0.6) is 0 Å². The first kappa shape index (κ1) is 14.2. The number of hydrogen-bond acceptors (Lipinski definition) is 4. The molecule has 0 aromatic carbocycles. The molecule has 6 nitrogen and oxygen atoms in total. The Balaban J connectivity index is 2.01. The molecule has 0 aliphatic carbocycles. The highest BCUT2D eigenvalue weighted by Gasteiger charge is 2.33. The standard InChI is InChI=1S/C11H23N3O3S/c1-12-8-11-4-2-3-6-14(11)18(15,16)13-10-5-7-17-9-10/h10-13H,2-9H2,1H3. The van der Waals surface area contributed by atoms with Crippen LogP contribution in [0.25, 0.3) is 0 Å². The molecule has 0 spiro atoms. The van der Waals surface area contributed by atoms with Gasteiger partial charge in [0.1, 0.15) is 0 Å². The van der Waals surface area contributed by atoms with Crippen LogP contribution in [0.2, 0.25) is 0 Å². The van der Waals surface area contributed by atoms with Crippen LogP contribution >= 0.6 is 0 Å². The minimum Gasteiger partial charge on any atom is -0.380 e. The van der Waals surface area contributed by atoms with Crippen LogP contribution in [-0.2, 0) is 14.9 Å². The van der Waals surface area contributed by atoms with E-state index >= 15 is 0 Å². The van der Waals surface area contributed by atoms with Crippen molar-refractivity contribution in [2.75, 3.05) is 33.4 Å². The molecule has 2 N–H and O–H groups in total. The summed E-state index contributed by atoms with van der Waals surface area (Å²) in [5, 5.41) is 3.07. The summed E-state index contributed by atoms with van der Waals surface area (Å²) in [7, 11) is -1.52. The van der Waals surface area contributed by atoms with Gasteiger partial charge in [-0.05, 0) is 26.3 Å². The molecule has 2 atom stereocenters. The Labute approximate surface area is 109 Å². The van der Waals surface area contributed by atoms with Crippen molar-refractivity contribution >= 4 is 10.2 Å². The molecule has 2 aliphatic rings. The lowest BCUT2D eigenvalue weighted by molar-refractivity contribution is 0.191. The van der Waals surface area contributed by atoms with Gasteiger partial charge in [0.05, 0.1) is 6.61 Å². The third kappa shape index (κ3) is 3.42. The van der Waals surface area contributed by atoms with Crippen LogP contribution in [0.1, 0.15) is 25.7 Å². The fourth-order valence-corrected chi connectivity index (χ4v) is 4.32. The van der Waals surface area contributed by atoms with Crippen molar-refractivity contribution in [1.29, 1.82) is 0 Å². The van der Waals surface area contributed by atoms with Gasteiger partial charge in [0.25, 0.3) is 10.2 Å². The molecule has 2 fully saturated rings. The van der Waals surface area contributed by atoms with E-state index in [0.717, 1.165) is 25.7 Å². The second-order valence-corrected chi connectivity index (χ2v) is 6.66. The van der Waals surface area contributed by atoms with Gasteiger partial charge in [0.15, 0.2) is 0 Å². The molecule has 7 heteroatoms. The third-order valence-corrected chi connectivity index (χ3v) is 5.30. The lowest BCUT2D eigenvalue weighted by Gasteiger charge is -2.35. The van der Waals surface area contributed by atoms with Crippen LogP contribution in [0.15, 0.2) is 0 Å². The molecule has 2 saturated heterocycles. The minimum absolute atomic E-state index is 0.0628. The highest BCUT2D eigenvalue weighted by molar-refractivity contribution is 7.87. The van der Waals surface area contributed by atoms with E-state index in [0.29, 0.717) is 26.3 Å². The van der Waals surface area contributed by atoms with E-state index in [9.17, 15) is 8.42 Å². The molecule has 0 bridgehead atoms. The molecule has 106 valence electrons. The second-order valence-electron chi connectivity index (χ2n) is 5.00. The van der Waals surface area contributed by atoms with Crippen molar-refractivity contribution < 1.29 is 13.2 Å². The number of ether oxygens (including phenoxy) is 1. The first-order valence-corrected chi connectivity index (χ1v) is 8.09. The molecule has 18 heavy (non-hydrogen) atoms. The molecule has 0 radical (unpaired) electrons. The second kappa shape index (κ2) is 6.29. The molecule has 2 aliphatic heterocycles. The van der Waals surface area contributed by atoms with Crippen molar-refractivity contribution in [2.45, 2.75) is 37.8 Å². The molecule has 0 aromatic rings. The predicted octanol–water partition coefficient (Wildman–Crippen LogP) is -0.316. The summed E-state index contributed by atoms with van der Waals surface area (Å²) in [5.41, 5.74) is 0. The van der Waals surface area contributed by atoms with Crippen LogP contribution in [0.4, 0.5) is 0 Å². The summed E-state index contributed by atoms with van der Waals surface area (Å²) in [4.78, 5) is 0. The lowest BCUT2D eigenvalue weighted by atomic mass is 10.1. The number of hydrogen-bond donors (Lipinski definition) is 2. The SMILES string of the molecule is CNCC1CCCCN1S(=O)(=O)NC1CCOC1. The number of likely N-dealkylation sites (N-methyl/N-ethyl adjacent to an activating group) is 1. The van der Waals surface area contributed by atoms with Gasteiger partial charge in [-0.25, -0.2) is 0 Å². The Morgan fingerprint density at radius 3 is 2.83 bits per heavy atom. The van der Waals surface area contributed by atoms with Gasteiger partial charge in [0.2, 0.25) is 0 Å². The zero-order chi connectivity index (χ0) is 13.0. The highest BCUT2D eigenvalue weighted by atomic mass is 32.2. The maximum Gasteiger partial charge on any atom is 0.280 e. The average Bonchev–Trinajstić information content (AvgIpc) is 2.82. The Bertz CT molecular complexity index is 353. The third-order valence-electron chi connectivity index (χ3n) is 3.57. The maximum atomic E-state index is 12.4. The Morgan fingerprint density at radius 1 is 1.33 bits per heavy atom. The van der Waals surface area contributed by atoms with Crippen molar-refractivity contribution in [2.24, 2.45) is 0 Å². The molecule has 2 heterocycles. The molecular weight excluding hydrogens is 254 g/mol. The Kier molecular flexibility index (Phi) is 4.97. The fourth-order valence-electron chi connectivity index (χ4n) is 2.64. The van der Waals surface area contributed by atoms with Gasteiger partial charge in [-0.3, -0.25) is 0 Å². The van der Waals surface area contributed by atoms with Gasteiger partial charge >= 0.3 is 0 Å². The van der Waals surface area contributed by atoms with Crippen LogP contribution in [0, 0.1) is 0 Å². The molecule has 0 saturated carbocycles. The zero-order valence-corrected chi connectivity index (χ0v) is 11.7. The van der Waals surface area contributed by atoms with Crippen LogP contribution < -0.4 is 10.0 Å². The molecule has 0 amide bonds. The van der Waals surface area contributed by atoms with E-state index in [2.05, 4.69) is 10.0 Å². The number of nitrogens with one attached hydrogen (secondary N) is 2. The maximum absolute atomic E-state index is 12.4. The van der Waals surface area contributed by atoms with Crippen molar-refractivity contribution in [3.63, 3.8) is 0 Å². The normalized spacial score (nSPS) is 30.7. The Morgan fingerprint density at radius 2 is 2.17 bits per heavy atom. The van der Waals surface area contributed by atoms with Crippen molar-refractivity contribution in [1.82, 2.24) is 14.3 Å². The molecule has 2 rings (SSSR count). The van der Waals surface area contributed by atoms with Crippen molar-refractivity contribution in [3.05, 3.63) is 0 Å². The summed E-state index contributed by atoms with van der Waals surface area (Å²) in [6, 6.07) is 0.00994. The first-order valence-electron chi connectivity index (χ1n) is 6.65. The predicted molar refractivity (Wildman–Crippen MR) is 69.6 cm³/mol. The number of rotatable bonds is 5. The van der Waals surface area contributed by atoms with Gasteiger partial charge < -0.3 is 10.1 Å². The number of piperidine rings is 1. The van der Waals surface area contributed by atoms with Gasteiger partial charge in [-0.2, -0.15) is 17.4 Å².